The molecule has 3 rings (SSSR count). The molecule has 1 unspecified atom stereocenters. The summed E-state index contributed by atoms with van der Waals surface area (Å²) in [6, 6.07) is 22.5. The van der Waals surface area contributed by atoms with Crippen molar-refractivity contribution in [2.75, 3.05) is 13.2 Å². The van der Waals surface area contributed by atoms with Crippen LogP contribution in [0.15, 0.2) is 66.7 Å². The van der Waals surface area contributed by atoms with Gasteiger partial charge in [0.25, 0.3) is 6.47 Å². The first kappa shape index (κ1) is 19.9. The van der Waals surface area contributed by atoms with Gasteiger partial charge < -0.3 is 14.2 Å². The van der Waals surface area contributed by atoms with Gasteiger partial charge in [-0.15, -0.1) is 0 Å². The van der Waals surface area contributed by atoms with Gasteiger partial charge in [-0.2, -0.15) is 0 Å². The number of rotatable bonds is 11. The van der Waals surface area contributed by atoms with Crippen LogP contribution in [-0.4, -0.2) is 19.7 Å². The molecule has 0 spiro atoms. The average Bonchev–Trinajstić information content (AvgIpc) is 2.75. The number of hydrogen-bond acceptors (Lipinski definition) is 4. The Morgan fingerprint density at radius 1 is 0.929 bits per heavy atom. The Morgan fingerprint density at radius 2 is 1.75 bits per heavy atom. The lowest BCUT2D eigenvalue weighted by Gasteiger charge is -2.19. The summed E-state index contributed by atoms with van der Waals surface area (Å²) in [6.45, 7) is 4.10. The van der Waals surface area contributed by atoms with E-state index in [4.69, 9.17) is 14.2 Å². The van der Waals surface area contributed by atoms with E-state index in [9.17, 15) is 4.79 Å². The van der Waals surface area contributed by atoms with Gasteiger partial charge in [-0.25, -0.2) is 0 Å². The highest BCUT2D eigenvalue weighted by Crippen LogP contribution is 2.28. The smallest absolute Gasteiger partial charge is 0.293 e. The molecule has 0 aromatic heterocycles. The molecule has 0 aliphatic heterocycles. The van der Waals surface area contributed by atoms with Crippen LogP contribution in [0.1, 0.15) is 37.0 Å². The van der Waals surface area contributed by atoms with Crippen LogP contribution in [0, 0.1) is 0 Å². The average molecular weight is 378 g/mol. The topological polar surface area (TPSA) is 44.8 Å². The molecule has 3 aromatic rings. The predicted octanol–water partition coefficient (Wildman–Crippen LogP) is 5.45. The van der Waals surface area contributed by atoms with Gasteiger partial charge in [-0.05, 0) is 46.5 Å². The van der Waals surface area contributed by atoms with Crippen LogP contribution < -0.4 is 4.74 Å². The van der Waals surface area contributed by atoms with Gasteiger partial charge >= 0.3 is 0 Å². The molecular weight excluding hydrogens is 352 g/mol. The number of ether oxygens (including phenoxy) is 3. The monoisotopic (exact) mass is 378 g/mol. The van der Waals surface area contributed by atoms with Gasteiger partial charge in [0, 0.05) is 6.42 Å². The quantitative estimate of drug-likeness (QED) is 0.329. The number of fused-ring (bicyclic) bond motifs is 1. The molecule has 0 heterocycles. The maximum Gasteiger partial charge on any atom is 0.293 e. The molecule has 0 bridgehead atoms. The van der Waals surface area contributed by atoms with E-state index in [0.717, 1.165) is 34.1 Å². The molecule has 0 aliphatic carbocycles. The fraction of sp³-hybridized carbons (Fsp3) is 0.292. The van der Waals surface area contributed by atoms with E-state index >= 15 is 0 Å². The molecule has 0 fully saturated rings. The zero-order chi connectivity index (χ0) is 19.6. The van der Waals surface area contributed by atoms with Crippen molar-refractivity contribution in [2.45, 2.75) is 32.5 Å². The van der Waals surface area contributed by atoms with Crippen molar-refractivity contribution in [1.29, 1.82) is 0 Å². The molecule has 0 saturated carbocycles. The lowest BCUT2D eigenvalue weighted by molar-refractivity contribution is -0.129. The van der Waals surface area contributed by atoms with E-state index in [1.165, 1.54) is 0 Å². The van der Waals surface area contributed by atoms with E-state index < -0.39 is 0 Å². The molecular formula is C24H26O4. The Balaban J connectivity index is 1.80. The van der Waals surface area contributed by atoms with E-state index in [1.54, 1.807) is 0 Å². The summed E-state index contributed by atoms with van der Waals surface area (Å²) in [5.74, 6) is 0.873. The zero-order valence-electron chi connectivity index (χ0n) is 16.2. The minimum absolute atomic E-state index is 0.162. The van der Waals surface area contributed by atoms with Crippen molar-refractivity contribution in [3.8, 4) is 5.75 Å². The molecule has 0 N–H and O–H groups in total. The summed E-state index contributed by atoms with van der Waals surface area (Å²) in [7, 11) is 0. The summed E-state index contributed by atoms with van der Waals surface area (Å²) < 4.78 is 16.8. The van der Waals surface area contributed by atoms with Crippen LogP contribution >= 0.6 is 0 Å². The second kappa shape index (κ2) is 10.5. The molecule has 146 valence electrons. The fourth-order valence-electron chi connectivity index (χ4n) is 3.09. The Morgan fingerprint density at radius 3 is 2.54 bits per heavy atom. The molecule has 1 atom stereocenters. The molecule has 0 amide bonds. The van der Waals surface area contributed by atoms with Gasteiger partial charge in [0.15, 0.2) is 0 Å². The third-order valence-corrected chi connectivity index (χ3v) is 4.54. The van der Waals surface area contributed by atoms with Crippen LogP contribution in [0.4, 0.5) is 0 Å². The van der Waals surface area contributed by atoms with Crippen LogP contribution in [0.5, 0.6) is 5.75 Å². The molecule has 0 radical (unpaired) electrons. The second-order valence-electron chi connectivity index (χ2n) is 6.66. The molecule has 28 heavy (non-hydrogen) atoms. The first-order chi connectivity index (χ1) is 13.8. The Hall–Kier alpha value is -2.85. The van der Waals surface area contributed by atoms with E-state index in [2.05, 4.69) is 37.3 Å². The molecule has 3 aromatic carbocycles. The molecule has 4 nitrogen and oxygen atoms in total. The normalized spacial score (nSPS) is 11.9. The van der Waals surface area contributed by atoms with Crippen molar-refractivity contribution in [2.24, 2.45) is 0 Å². The molecule has 4 heteroatoms. The minimum Gasteiger partial charge on any atom is -0.494 e. The van der Waals surface area contributed by atoms with Crippen molar-refractivity contribution in [1.82, 2.24) is 0 Å². The number of carbonyl (C=O) groups is 1. The maximum atomic E-state index is 10.5. The summed E-state index contributed by atoms with van der Waals surface area (Å²) in [6.07, 6.45) is 1.41. The summed E-state index contributed by atoms with van der Waals surface area (Å²) in [5.41, 5.74) is 2.17. The van der Waals surface area contributed by atoms with Crippen LogP contribution in [0.2, 0.25) is 0 Å². The lowest BCUT2D eigenvalue weighted by Crippen LogP contribution is -2.08. The summed E-state index contributed by atoms with van der Waals surface area (Å²) >= 11 is 0. The molecule has 0 aliphatic rings. The van der Waals surface area contributed by atoms with Gasteiger partial charge in [0.1, 0.15) is 5.75 Å². The summed E-state index contributed by atoms with van der Waals surface area (Å²) in [4.78, 5) is 10.5. The third-order valence-electron chi connectivity index (χ3n) is 4.54. The third kappa shape index (κ3) is 5.57. The van der Waals surface area contributed by atoms with Crippen molar-refractivity contribution >= 4 is 17.2 Å². The SMILES string of the molecule is CCCOc1ccc2ccc(C(CCOC=O)OCc3ccccc3)cc2c1. The first-order valence-electron chi connectivity index (χ1n) is 9.67. The highest BCUT2D eigenvalue weighted by molar-refractivity contribution is 5.84. The summed E-state index contributed by atoms with van der Waals surface area (Å²) in [5, 5.41) is 2.26. The highest BCUT2D eigenvalue weighted by atomic mass is 16.5. The van der Waals surface area contributed by atoms with E-state index in [0.29, 0.717) is 32.7 Å². The molecule has 0 saturated heterocycles. The highest BCUT2D eigenvalue weighted by Gasteiger charge is 2.14. The standard InChI is InChI=1S/C24H26O4/c1-2-13-27-23-11-10-20-8-9-21(15-22(20)16-23)24(12-14-26-18-25)28-17-19-6-4-3-5-7-19/h3-11,15-16,18,24H,2,12-14,17H2,1H3. The van der Waals surface area contributed by atoms with Crippen LogP contribution in [-0.2, 0) is 20.9 Å². The van der Waals surface area contributed by atoms with Crippen molar-refractivity contribution in [3.05, 3.63) is 77.9 Å². The van der Waals surface area contributed by atoms with E-state index in [-0.39, 0.29) is 6.10 Å². The second-order valence-corrected chi connectivity index (χ2v) is 6.66. The Kier molecular flexibility index (Phi) is 7.44. The zero-order valence-corrected chi connectivity index (χ0v) is 16.2. The van der Waals surface area contributed by atoms with Gasteiger partial charge in [-0.3, -0.25) is 4.79 Å². The Labute approximate surface area is 166 Å². The largest absolute Gasteiger partial charge is 0.494 e. The van der Waals surface area contributed by atoms with Crippen molar-refractivity contribution < 1.29 is 19.0 Å². The van der Waals surface area contributed by atoms with E-state index in [1.807, 2.05) is 36.4 Å². The van der Waals surface area contributed by atoms with Crippen molar-refractivity contribution in [3.63, 3.8) is 0 Å². The lowest BCUT2D eigenvalue weighted by atomic mass is 10.0. The number of carbonyl (C=O) groups excluding carboxylic acids is 1. The van der Waals surface area contributed by atoms with Crippen LogP contribution in [0.25, 0.3) is 10.8 Å². The maximum absolute atomic E-state index is 10.5. The number of hydrogen-bond donors (Lipinski definition) is 0. The minimum atomic E-state index is -0.162. The van der Waals surface area contributed by atoms with Gasteiger partial charge in [-0.1, -0.05) is 55.5 Å². The van der Waals surface area contributed by atoms with Gasteiger partial charge in [0.05, 0.1) is 25.9 Å². The number of benzene rings is 3. The first-order valence-corrected chi connectivity index (χ1v) is 9.67. The predicted molar refractivity (Wildman–Crippen MR) is 110 cm³/mol. The van der Waals surface area contributed by atoms with Gasteiger partial charge in [0.2, 0.25) is 0 Å². The Bertz CT molecular complexity index is 876. The van der Waals surface area contributed by atoms with Crippen LogP contribution in [0.3, 0.4) is 0 Å². The fourth-order valence-corrected chi connectivity index (χ4v) is 3.09.